The van der Waals surface area contributed by atoms with Crippen LogP contribution in [0.1, 0.15) is 30.5 Å². The maximum atomic E-state index is 12.3. The van der Waals surface area contributed by atoms with Gasteiger partial charge in [-0.2, -0.15) is 0 Å². The van der Waals surface area contributed by atoms with E-state index in [9.17, 15) is 4.21 Å². The zero-order valence-electron chi connectivity index (χ0n) is 17.0. The first-order valence-electron chi connectivity index (χ1n) is 9.75. The molecule has 0 aliphatic carbocycles. The predicted molar refractivity (Wildman–Crippen MR) is 118 cm³/mol. The molecule has 0 amide bonds. The van der Waals surface area contributed by atoms with Crippen LogP contribution in [0.5, 0.6) is 5.75 Å². The summed E-state index contributed by atoms with van der Waals surface area (Å²) in [6, 6.07) is 16.1. The molecule has 0 heterocycles. The summed E-state index contributed by atoms with van der Waals surface area (Å²) in [6.45, 7) is 8.60. The molecule has 2 aromatic carbocycles. The van der Waals surface area contributed by atoms with Gasteiger partial charge in [0.2, 0.25) is 0 Å². The largest absolute Gasteiger partial charge is 0.494 e. The molecular formula is C22H31N3O2S. The number of aryl methyl sites for hydroxylation is 1. The van der Waals surface area contributed by atoms with Gasteiger partial charge in [0.1, 0.15) is 5.75 Å². The van der Waals surface area contributed by atoms with Crippen LogP contribution in [0.15, 0.2) is 53.5 Å². The molecule has 0 aliphatic rings. The van der Waals surface area contributed by atoms with Crippen LogP contribution in [0.3, 0.4) is 0 Å². The van der Waals surface area contributed by atoms with Gasteiger partial charge in [-0.05, 0) is 38.0 Å². The number of hydrogen-bond acceptors (Lipinski definition) is 3. The van der Waals surface area contributed by atoms with Crippen molar-refractivity contribution < 1.29 is 8.95 Å². The van der Waals surface area contributed by atoms with Gasteiger partial charge < -0.3 is 15.4 Å². The summed E-state index contributed by atoms with van der Waals surface area (Å²) in [5, 5.41) is 6.51. The number of hydrogen-bond donors (Lipinski definition) is 2. The van der Waals surface area contributed by atoms with Crippen molar-refractivity contribution in [2.75, 3.05) is 25.4 Å². The van der Waals surface area contributed by atoms with Crippen molar-refractivity contribution in [2.45, 2.75) is 33.1 Å². The molecule has 5 nitrogen and oxygen atoms in total. The molecule has 0 radical (unpaired) electrons. The number of rotatable bonds is 10. The number of benzene rings is 2. The average molecular weight is 402 g/mol. The Morgan fingerprint density at radius 2 is 1.89 bits per heavy atom. The van der Waals surface area contributed by atoms with Gasteiger partial charge in [0.05, 0.1) is 13.2 Å². The van der Waals surface area contributed by atoms with E-state index in [2.05, 4.69) is 34.7 Å². The van der Waals surface area contributed by atoms with Crippen LogP contribution in [0.2, 0.25) is 0 Å². The van der Waals surface area contributed by atoms with Crippen LogP contribution in [0, 0.1) is 6.92 Å². The third-order valence-electron chi connectivity index (χ3n) is 4.07. The van der Waals surface area contributed by atoms with Crippen LogP contribution >= 0.6 is 0 Å². The summed E-state index contributed by atoms with van der Waals surface area (Å²) in [5.41, 5.74) is 3.32. The lowest BCUT2D eigenvalue weighted by molar-refractivity contribution is 0.336. The van der Waals surface area contributed by atoms with Crippen molar-refractivity contribution in [3.05, 3.63) is 65.2 Å². The standard InChI is InChI=1S/C22H31N3O2S/c1-4-23-22(24-13-14-28(26)17-19-9-7-6-8-10-19)25-16-20-12-11-18(3)15-21(20)27-5-2/h6-12,15H,4-5,13-14,16-17H2,1-3H3,(H2,23,24,25). The fraction of sp³-hybridized carbons (Fsp3) is 0.409. The lowest BCUT2D eigenvalue weighted by Crippen LogP contribution is -2.39. The third kappa shape index (κ3) is 7.72. The minimum atomic E-state index is -0.906. The molecule has 2 rings (SSSR count). The SMILES string of the molecule is CCNC(=NCc1ccc(C)cc1OCC)NCCS(=O)Cc1ccccc1. The van der Waals surface area contributed by atoms with E-state index in [0.717, 1.165) is 29.4 Å². The van der Waals surface area contributed by atoms with E-state index in [-0.39, 0.29) is 0 Å². The predicted octanol–water partition coefficient (Wildman–Crippen LogP) is 3.40. The lowest BCUT2D eigenvalue weighted by atomic mass is 10.1. The molecule has 6 heteroatoms. The molecule has 2 aromatic rings. The maximum absolute atomic E-state index is 12.3. The highest BCUT2D eigenvalue weighted by atomic mass is 32.2. The molecule has 0 saturated carbocycles. The summed E-state index contributed by atoms with van der Waals surface area (Å²) in [6.07, 6.45) is 0. The van der Waals surface area contributed by atoms with Gasteiger partial charge in [-0.3, -0.25) is 4.21 Å². The van der Waals surface area contributed by atoms with Crippen molar-refractivity contribution >= 4 is 16.8 Å². The Balaban J connectivity index is 1.89. The van der Waals surface area contributed by atoms with Gasteiger partial charge in [-0.15, -0.1) is 0 Å². The second-order valence-electron chi connectivity index (χ2n) is 6.44. The van der Waals surface area contributed by atoms with Crippen LogP contribution in [0.25, 0.3) is 0 Å². The monoisotopic (exact) mass is 401 g/mol. The Morgan fingerprint density at radius 1 is 1.11 bits per heavy atom. The topological polar surface area (TPSA) is 62.7 Å². The quantitative estimate of drug-likeness (QED) is 0.473. The van der Waals surface area contributed by atoms with Crippen molar-refractivity contribution in [1.29, 1.82) is 0 Å². The minimum Gasteiger partial charge on any atom is -0.494 e. The minimum absolute atomic E-state index is 0.526. The van der Waals surface area contributed by atoms with E-state index in [1.807, 2.05) is 50.2 Å². The Labute approximate surface area is 171 Å². The first-order valence-corrected chi connectivity index (χ1v) is 11.2. The van der Waals surface area contributed by atoms with Gasteiger partial charge >= 0.3 is 0 Å². The molecule has 1 unspecified atom stereocenters. The molecule has 152 valence electrons. The maximum Gasteiger partial charge on any atom is 0.191 e. The summed E-state index contributed by atoms with van der Waals surface area (Å²) in [5.74, 6) is 2.76. The van der Waals surface area contributed by atoms with E-state index in [1.54, 1.807) is 0 Å². The van der Waals surface area contributed by atoms with Crippen molar-refractivity contribution in [3.63, 3.8) is 0 Å². The second kappa shape index (κ2) is 12.2. The van der Waals surface area contributed by atoms with Gasteiger partial charge in [-0.25, -0.2) is 4.99 Å². The Bertz CT molecular complexity index is 779. The summed E-state index contributed by atoms with van der Waals surface area (Å²) in [4.78, 5) is 4.65. The van der Waals surface area contributed by atoms with Gasteiger partial charge in [-0.1, -0.05) is 42.5 Å². The van der Waals surface area contributed by atoms with E-state index < -0.39 is 10.8 Å². The van der Waals surface area contributed by atoms with E-state index >= 15 is 0 Å². The molecular weight excluding hydrogens is 370 g/mol. The van der Waals surface area contributed by atoms with E-state index in [1.165, 1.54) is 5.56 Å². The molecule has 2 N–H and O–H groups in total. The highest BCUT2D eigenvalue weighted by Crippen LogP contribution is 2.21. The molecule has 1 atom stereocenters. The molecule has 0 aromatic heterocycles. The smallest absolute Gasteiger partial charge is 0.191 e. The highest BCUT2D eigenvalue weighted by molar-refractivity contribution is 7.84. The average Bonchev–Trinajstić information content (AvgIpc) is 2.68. The number of aliphatic imine (C=N–C) groups is 1. The Morgan fingerprint density at radius 3 is 2.61 bits per heavy atom. The molecule has 0 fully saturated rings. The number of ether oxygens (including phenoxy) is 1. The molecule has 0 bridgehead atoms. The molecule has 0 saturated heterocycles. The third-order valence-corrected chi connectivity index (χ3v) is 5.38. The van der Waals surface area contributed by atoms with Gasteiger partial charge in [0, 0.05) is 41.0 Å². The zero-order valence-corrected chi connectivity index (χ0v) is 17.8. The number of nitrogens with one attached hydrogen (secondary N) is 2. The van der Waals surface area contributed by atoms with Crippen molar-refractivity contribution in [1.82, 2.24) is 10.6 Å². The first kappa shape index (κ1) is 22.0. The highest BCUT2D eigenvalue weighted by Gasteiger charge is 2.06. The normalized spacial score (nSPS) is 12.5. The molecule has 0 aliphatic heterocycles. The Hall–Kier alpha value is -2.34. The second-order valence-corrected chi connectivity index (χ2v) is 8.02. The lowest BCUT2D eigenvalue weighted by Gasteiger charge is -2.13. The summed E-state index contributed by atoms with van der Waals surface area (Å²) < 4.78 is 18.0. The molecule has 0 spiro atoms. The Kier molecular flexibility index (Phi) is 9.55. The fourth-order valence-electron chi connectivity index (χ4n) is 2.70. The van der Waals surface area contributed by atoms with Crippen LogP contribution in [-0.2, 0) is 23.1 Å². The van der Waals surface area contributed by atoms with Crippen molar-refractivity contribution in [2.24, 2.45) is 4.99 Å². The fourth-order valence-corrected chi connectivity index (χ4v) is 3.74. The van der Waals surface area contributed by atoms with Crippen molar-refractivity contribution in [3.8, 4) is 5.75 Å². The van der Waals surface area contributed by atoms with E-state index in [0.29, 0.717) is 31.2 Å². The molecule has 28 heavy (non-hydrogen) atoms. The summed E-state index contributed by atoms with van der Waals surface area (Å²) in [7, 11) is -0.906. The number of nitrogens with zero attached hydrogens (tertiary/aromatic N) is 1. The zero-order chi connectivity index (χ0) is 20.2. The van der Waals surface area contributed by atoms with E-state index in [4.69, 9.17) is 4.74 Å². The van der Waals surface area contributed by atoms with Gasteiger partial charge in [0.25, 0.3) is 0 Å². The van der Waals surface area contributed by atoms with Crippen LogP contribution in [-0.4, -0.2) is 35.6 Å². The van der Waals surface area contributed by atoms with Crippen LogP contribution in [0.4, 0.5) is 0 Å². The van der Waals surface area contributed by atoms with Gasteiger partial charge in [0.15, 0.2) is 5.96 Å². The van der Waals surface area contributed by atoms with Crippen LogP contribution < -0.4 is 15.4 Å². The summed E-state index contributed by atoms with van der Waals surface area (Å²) >= 11 is 0. The number of guanidine groups is 1. The first-order chi connectivity index (χ1) is 13.6.